The van der Waals surface area contributed by atoms with Gasteiger partial charge in [-0.25, -0.2) is 0 Å². The van der Waals surface area contributed by atoms with E-state index in [9.17, 15) is 4.79 Å². The zero-order chi connectivity index (χ0) is 14.2. The summed E-state index contributed by atoms with van der Waals surface area (Å²) in [6.07, 6.45) is 3.61. The Labute approximate surface area is 126 Å². The van der Waals surface area contributed by atoms with Gasteiger partial charge in [0.15, 0.2) is 0 Å². The van der Waals surface area contributed by atoms with Gasteiger partial charge in [0.2, 0.25) is 0 Å². The molecule has 1 N–H and O–H groups in total. The number of rotatable bonds is 1. The molecule has 1 atom stereocenters. The smallest absolute Gasteiger partial charge is 0.253 e. The van der Waals surface area contributed by atoms with Crippen molar-refractivity contribution in [3.63, 3.8) is 0 Å². The number of carbonyl (C=O) groups is 1. The molecule has 1 unspecified atom stereocenters. The molecule has 1 aromatic rings. The summed E-state index contributed by atoms with van der Waals surface area (Å²) in [6, 6.07) is 6.87. The van der Waals surface area contributed by atoms with Gasteiger partial charge in [0.05, 0.1) is 0 Å². The van der Waals surface area contributed by atoms with E-state index in [4.69, 9.17) is 0 Å². The third-order valence-corrected chi connectivity index (χ3v) is 5.21. The quantitative estimate of drug-likeness (QED) is 0.843. The van der Waals surface area contributed by atoms with E-state index in [1.54, 1.807) is 0 Å². The molecule has 21 heavy (non-hydrogen) atoms. The molecular formula is C17H23N3O. The SMILES string of the molecule is O=C(c1ccc2c(c1)CNCC2)N1CCN2CCCC2C1. The van der Waals surface area contributed by atoms with E-state index in [-0.39, 0.29) is 5.91 Å². The molecular weight excluding hydrogens is 262 g/mol. The molecule has 0 radical (unpaired) electrons. The van der Waals surface area contributed by atoms with Crippen molar-refractivity contribution in [3.05, 3.63) is 34.9 Å². The molecule has 1 aromatic carbocycles. The van der Waals surface area contributed by atoms with Crippen LogP contribution < -0.4 is 5.32 Å². The lowest BCUT2D eigenvalue weighted by molar-refractivity contribution is 0.0571. The Kier molecular flexibility index (Phi) is 3.43. The number of piperazine rings is 1. The van der Waals surface area contributed by atoms with Crippen LogP contribution in [0.4, 0.5) is 0 Å². The van der Waals surface area contributed by atoms with Crippen LogP contribution in [0.15, 0.2) is 18.2 Å². The Morgan fingerprint density at radius 1 is 1.19 bits per heavy atom. The van der Waals surface area contributed by atoms with Crippen LogP contribution in [-0.4, -0.2) is 54.5 Å². The zero-order valence-electron chi connectivity index (χ0n) is 12.5. The summed E-state index contributed by atoms with van der Waals surface area (Å²) in [4.78, 5) is 17.4. The van der Waals surface area contributed by atoms with Crippen molar-refractivity contribution in [2.75, 3.05) is 32.7 Å². The van der Waals surface area contributed by atoms with Crippen LogP contribution in [0.2, 0.25) is 0 Å². The van der Waals surface area contributed by atoms with Gasteiger partial charge >= 0.3 is 0 Å². The highest BCUT2D eigenvalue weighted by Crippen LogP contribution is 2.23. The van der Waals surface area contributed by atoms with Crippen LogP contribution in [0.3, 0.4) is 0 Å². The molecule has 3 aliphatic heterocycles. The predicted octanol–water partition coefficient (Wildman–Crippen LogP) is 1.25. The number of hydrogen-bond donors (Lipinski definition) is 1. The van der Waals surface area contributed by atoms with Gasteiger partial charge in [0.1, 0.15) is 0 Å². The second-order valence-electron chi connectivity index (χ2n) is 6.49. The van der Waals surface area contributed by atoms with Crippen molar-refractivity contribution < 1.29 is 4.79 Å². The maximum atomic E-state index is 12.8. The largest absolute Gasteiger partial charge is 0.336 e. The number of benzene rings is 1. The molecule has 112 valence electrons. The van der Waals surface area contributed by atoms with Gasteiger partial charge < -0.3 is 10.2 Å². The average molecular weight is 285 g/mol. The third-order valence-electron chi connectivity index (χ3n) is 5.21. The molecule has 3 aliphatic rings. The van der Waals surface area contributed by atoms with E-state index in [1.165, 1.54) is 30.5 Å². The zero-order valence-corrected chi connectivity index (χ0v) is 12.5. The molecule has 4 nitrogen and oxygen atoms in total. The van der Waals surface area contributed by atoms with Crippen molar-refractivity contribution in [1.29, 1.82) is 0 Å². The molecule has 0 aliphatic carbocycles. The molecule has 3 heterocycles. The standard InChI is InChI=1S/C17H23N3O/c21-17(20-9-8-19-7-1-2-16(19)12-20)14-4-3-13-5-6-18-11-15(13)10-14/h3-4,10,16,18H,1-2,5-9,11-12H2. The Bertz CT molecular complexity index is 557. The highest BCUT2D eigenvalue weighted by molar-refractivity contribution is 5.94. The van der Waals surface area contributed by atoms with E-state index >= 15 is 0 Å². The van der Waals surface area contributed by atoms with Gasteiger partial charge in [-0.2, -0.15) is 0 Å². The Balaban J connectivity index is 1.52. The monoisotopic (exact) mass is 285 g/mol. The maximum absolute atomic E-state index is 12.8. The Morgan fingerprint density at radius 3 is 3.10 bits per heavy atom. The summed E-state index contributed by atoms with van der Waals surface area (Å²) in [7, 11) is 0. The summed E-state index contributed by atoms with van der Waals surface area (Å²) in [6.45, 7) is 6.00. The van der Waals surface area contributed by atoms with Crippen molar-refractivity contribution in [2.24, 2.45) is 0 Å². The van der Waals surface area contributed by atoms with Crippen LogP contribution in [-0.2, 0) is 13.0 Å². The number of carbonyl (C=O) groups excluding carboxylic acids is 1. The molecule has 4 heteroatoms. The van der Waals surface area contributed by atoms with Crippen molar-refractivity contribution in [1.82, 2.24) is 15.1 Å². The highest BCUT2D eigenvalue weighted by atomic mass is 16.2. The number of amides is 1. The van der Waals surface area contributed by atoms with Crippen LogP contribution >= 0.6 is 0 Å². The summed E-state index contributed by atoms with van der Waals surface area (Å²) in [5, 5.41) is 3.39. The van der Waals surface area contributed by atoms with Crippen LogP contribution in [0, 0.1) is 0 Å². The lowest BCUT2D eigenvalue weighted by Crippen LogP contribution is -2.52. The lowest BCUT2D eigenvalue weighted by atomic mass is 9.98. The van der Waals surface area contributed by atoms with E-state index in [0.717, 1.165) is 44.7 Å². The fourth-order valence-electron chi connectivity index (χ4n) is 3.97. The predicted molar refractivity (Wildman–Crippen MR) is 82.4 cm³/mol. The van der Waals surface area contributed by atoms with E-state index < -0.39 is 0 Å². The number of hydrogen-bond acceptors (Lipinski definition) is 3. The second kappa shape index (κ2) is 5.43. The van der Waals surface area contributed by atoms with Crippen LogP contribution in [0.25, 0.3) is 0 Å². The first-order chi connectivity index (χ1) is 10.3. The molecule has 0 spiro atoms. The number of nitrogens with zero attached hydrogens (tertiary/aromatic N) is 2. The van der Waals surface area contributed by atoms with Crippen molar-refractivity contribution in [3.8, 4) is 0 Å². The average Bonchev–Trinajstić information content (AvgIpc) is 3.01. The van der Waals surface area contributed by atoms with Gasteiger partial charge in [-0.3, -0.25) is 9.69 Å². The molecule has 1 amide bonds. The minimum absolute atomic E-state index is 0.218. The number of nitrogens with one attached hydrogen (secondary N) is 1. The summed E-state index contributed by atoms with van der Waals surface area (Å²) >= 11 is 0. The van der Waals surface area contributed by atoms with Gasteiger partial charge in [-0.05, 0) is 55.6 Å². The fourth-order valence-corrected chi connectivity index (χ4v) is 3.97. The van der Waals surface area contributed by atoms with Gasteiger partial charge in [0.25, 0.3) is 5.91 Å². The fraction of sp³-hybridized carbons (Fsp3) is 0.588. The highest BCUT2D eigenvalue weighted by Gasteiger charge is 2.32. The molecule has 4 rings (SSSR count). The third kappa shape index (κ3) is 2.47. The Hall–Kier alpha value is -1.39. The number of fused-ring (bicyclic) bond motifs is 2. The first kappa shape index (κ1) is 13.3. The van der Waals surface area contributed by atoms with Crippen molar-refractivity contribution >= 4 is 5.91 Å². The lowest BCUT2D eigenvalue weighted by Gasteiger charge is -2.37. The van der Waals surface area contributed by atoms with Gasteiger partial charge in [-0.15, -0.1) is 0 Å². The maximum Gasteiger partial charge on any atom is 0.253 e. The molecule has 0 aromatic heterocycles. The topological polar surface area (TPSA) is 35.6 Å². The van der Waals surface area contributed by atoms with E-state index in [0.29, 0.717) is 6.04 Å². The van der Waals surface area contributed by atoms with Gasteiger partial charge in [-0.1, -0.05) is 6.07 Å². The minimum Gasteiger partial charge on any atom is -0.336 e. The van der Waals surface area contributed by atoms with E-state index in [1.807, 2.05) is 6.07 Å². The van der Waals surface area contributed by atoms with Crippen LogP contribution in [0.5, 0.6) is 0 Å². The van der Waals surface area contributed by atoms with Crippen molar-refractivity contribution in [2.45, 2.75) is 31.8 Å². The summed E-state index contributed by atoms with van der Waals surface area (Å²) < 4.78 is 0. The van der Waals surface area contributed by atoms with Crippen LogP contribution in [0.1, 0.15) is 34.3 Å². The minimum atomic E-state index is 0.218. The first-order valence-electron chi connectivity index (χ1n) is 8.17. The first-order valence-corrected chi connectivity index (χ1v) is 8.17. The molecule has 2 fully saturated rings. The second-order valence-corrected chi connectivity index (χ2v) is 6.49. The Morgan fingerprint density at radius 2 is 2.14 bits per heavy atom. The van der Waals surface area contributed by atoms with Gasteiger partial charge in [0, 0.05) is 37.8 Å². The molecule has 0 saturated carbocycles. The normalized spacial score (nSPS) is 25.5. The summed E-state index contributed by atoms with van der Waals surface area (Å²) in [5.41, 5.74) is 3.56. The molecule has 0 bridgehead atoms. The van der Waals surface area contributed by atoms with E-state index in [2.05, 4.69) is 27.2 Å². The summed E-state index contributed by atoms with van der Waals surface area (Å²) in [5.74, 6) is 0.218. The molecule has 2 saturated heterocycles.